The number of benzene rings is 1. The molecule has 1 aromatic heterocycles. The van der Waals surface area contributed by atoms with E-state index in [-0.39, 0.29) is 5.91 Å². The Labute approximate surface area is 180 Å². The van der Waals surface area contributed by atoms with Gasteiger partial charge in [0.25, 0.3) is 0 Å². The third kappa shape index (κ3) is 7.23. The molecule has 0 spiro atoms. The summed E-state index contributed by atoms with van der Waals surface area (Å²) in [7, 11) is 0. The SMILES string of the molecule is [N-]=[N+]=NCCOCCOCCOCCNc1ncccc1-c1ccc2c(c1)CC(=O)N2. The molecule has 0 radical (unpaired) electrons. The zero-order valence-corrected chi connectivity index (χ0v) is 17.2. The van der Waals surface area contributed by atoms with E-state index in [0.29, 0.717) is 59.2 Å². The minimum atomic E-state index is 0.0238. The lowest BCUT2D eigenvalue weighted by atomic mass is 10.0. The number of nitrogens with one attached hydrogen (secondary N) is 2. The molecule has 0 bridgehead atoms. The molecule has 2 heterocycles. The third-order valence-corrected chi connectivity index (χ3v) is 4.53. The van der Waals surface area contributed by atoms with Gasteiger partial charge >= 0.3 is 0 Å². The molecule has 0 saturated carbocycles. The van der Waals surface area contributed by atoms with Crippen LogP contribution in [0.25, 0.3) is 21.6 Å². The second kappa shape index (κ2) is 12.5. The predicted octanol–water partition coefficient (Wildman–Crippen LogP) is 3.02. The van der Waals surface area contributed by atoms with E-state index < -0.39 is 0 Å². The van der Waals surface area contributed by atoms with Crippen LogP contribution in [-0.2, 0) is 25.4 Å². The molecule has 2 aromatic rings. The summed E-state index contributed by atoms with van der Waals surface area (Å²) in [6.45, 7) is 3.74. The Bertz CT molecular complexity index is 916. The van der Waals surface area contributed by atoms with Gasteiger partial charge in [0, 0.05) is 35.4 Å². The molecule has 10 heteroatoms. The second-order valence-electron chi connectivity index (χ2n) is 6.71. The highest BCUT2D eigenvalue weighted by atomic mass is 16.5. The van der Waals surface area contributed by atoms with E-state index in [2.05, 4.69) is 25.6 Å². The van der Waals surface area contributed by atoms with E-state index in [9.17, 15) is 4.79 Å². The lowest BCUT2D eigenvalue weighted by Crippen LogP contribution is -2.15. The number of carbonyl (C=O) groups excluding carboxylic acids is 1. The fourth-order valence-electron chi connectivity index (χ4n) is 3.11. The van der Waals surface area contributed by atoms with Crippen LogP contribution in [0.3, 0.4) is 0 Å². The Balaban J connectivity index is 1.34. The maximum Gasteiger partial charge on any atom is 0.228 e. The summed E-state index contributed by atoms with van der Waals surface area (Å²) >= 11 is 0. The molecular formula is C21H26N6O4. The maximum atomic E-state index is 11.6. The van der Waals surface area contributed by atoms with Crippen LogP contribution >= 0.6 is 0 Å². The summed E-state index contributed by atoms with van der Waals surface area (Å²) in [4.78, 5) is 18.7. The van der Waals surface area contributed by atoms with Crippen molar-refractivity contribution in [1.29, 1.82) is 0 Å². The number of pyridine rings is 1. The van der Waals surface area contributed by atoms with Crippen molar-refractivity contribution in [2.24, 2.45) is 5.11 Å². The van der Waals surface area contributed by atoms with Gasteiger partial charge in [-0.3, -0.25) is 4.79 Å². The second-order valence-corrected chi connectivity index (χ2v) is 6.71. The number of hydrogen-bond acceptors (Lipinski definition) is 7. The van der Waals surface area contributed by atoms with Crippen LogP contribution in [0, 0.1) is 0 Å². The molecule has 0 saturated heterocycles. The normalized spacial score (nSPS) is 12.2. The molecule has 3 rings (SSSR count). The molecule has 31 heavy (non-hydrogen) atoms. The molecule has 10 nitrogen and oxygen atoms in total. The Morgan fingerprint density at radius 3 is 2.68 bits per heavy atom. The summed E-state index contributed by atoms with van der Waals surface area (Å²) < 4.78 is 16.2. The Morgan fingerprint density at radius 2 is 1.87 bits per heavy atom. The summed E-state index contributed by atoms with van der Waals surface area (Å²) in [6.07, 6.45) is 2.15. The molecule has 0 aliphatic carbocycles. The first-order chi connectivity index (χ1) is 15.3. The van der Waals surface area contributed by atoms with Gasteiger partial charge in [-0.05, 0) is 40.9 Å². The number of fused-ring (bicyclic) bond motifs is 1. The molecule has 1 amide bonds. The Kier molecular flexibility index (Phi) is 9.08. The maximum absolute atomic E-state index is 11.6. The van der Waals surface area contributed by atoms with E-state index in [4.69, 9.17) is 19.7 Å². The van der Waals surface area contributed by atoms with Crippen molar-refractivity contribution >= 4 is 17.4 Å². The number of rotatable bonds is 14. The van der Waals surface area contributed by atoms with Gasteiger partial charge in [-0.1, -0.05) is 11.2 Å². The summed E-state index contributed by atoms with van der Waals surface area (Å²) in [5, 5.41) is 9.54. The minimum Gasteiger partial charge on any atom is -0.379 e. The van der Waals surface area contributed by atoms with Crippen molar-refractivity contribution in [3.63, 3.8) is 0 Å². The highest BCUT2D eigenvalue weighted by Crippen LogP contribution is 2.31. The standard InChI is InChI=1S/C21H26N6O4/c22-27-25-7-9-30-11-13-31-12-10-29-8-6-24-21-18(2-1-5-23-21)16-3-4-19-17(14-16)15-20(28)26-19/h1-5,14H,6-13,15H2,(H,23,24)(H,26,28). The van der Waals surface area contributed by atoms with E-state index in [1.54, 1.807) is 6.20 Å². The van der Waals surface area contributed by atoms with E-state index >= 15 is 0 Å². The zero-order valence-electron chi connectivity index (χ0n) is 17.2. The quantitative estimate of drug-likeness (QED) is 0.207. The number of anilines is 2. The number of azide groups is 1. The van der Waals surface area contributed by atoms with Crippen LogP contribution in [-0.4, -0.2) is 63.6 Å². The van der Waals surface area contributed by atoms with Crippen LogP contribution < -0.4 is 10.6 Å². The number of hydrogen-bond donors (Lipinski definition) is 2. The number of amides is 1. The van der Waals surface area contributed by atoms with Gasteiger partial charge in [0.2, 0.25) is 5.91 Å². The molecule has 0 fully saturated rings. The molecular weight excluding hydrogens is 400 g/mol. The fourth-order valence-corrected chi connectivity index (χ4v) is 3.11. The van der Waals surface area contributed by atoms with Crippen molar-refractivity contribution in [1.82, 2.24) is 4.98 Å². The molecule has 1 aromatic carbocycles. The molecule has 0 unspecified atom stereocenters. The molecule has 1 aliphatic rings. The van der Waals surface area contributed by atoms with E-state index in [1.165, 1.54) is 0 Å². The Hall–Kier alpha value is -3.17. The lowest BCUT2D eigenvalue weighted by molar-refractivity contribution is -0.115. The van der Waals surface area contributed by atoms with Crippen molar-refractivity contribution in [3.05, 3.63) is 52.5 Å². The number of carbonyl (C=O) groups is 1. The van der Waals surface area contributed by atoms with Gasteiger partial charge in [0.1, 0.15) is 5.82 Å². The Morgan fingerprint density at radius 1 is 1.10 bits per heavy atom. The summed E-state index contributed by atoms with van der Waals surface area (Å²) in [5.74, 6) is 0.799. The van der Waals surface area contributed by atoms with Crippen LogP contribution in [0.4, 0.5) is 11.5 Å². The van der Waals surface area contributed by atoms with E-state index in [0.717, 1.165) is 28.2 Å². The first-order valence-electron chi connectivity index (χ1n) is 10.1. The molecule has 164 valence electrons. The smallest absolute Gasteiger partial charge is 0.228 e. The van der Waals surface area contributed by atoms with Crippen LogP contribution in [0.15, 0.2) is 41.6 Å². The average molecular weight is 426 g/mol. The highest BCUT2D eigenvalue weighted by molar-refractivity contribution is 5.99. The first kappa shape index (κ1) is 22.5. The van der Waals surface area contributed by atoms with Gasteiger partial charge in [0.15, 0.2) is 0 Å². The fraction of sp³-hybridized carbons (Fsp3) is 0.429. The van der Waals surface area contributed by atoms with Crippen molar-refractivity contribution in [2.45, 2.75) is 6.42 Å². The van der Waals surface area contributed by atoms with Gasteiger partial charge < -0.3 is 24.8 Å². The number of nitrogens with zero attached hydrogens (tertiary/aromatic N) is 4. The predicted molar refractivity (Wildman–Crippen MR) is 117 cm³/mol. The summed E-state index contributed by atoms with van der Waals surface area (Å²) in [6, 6.07) is 9.85. The zero-order chi connectivity index (χ0) is 21.7. The lowest BCUT2D eigenvalue weighted by Gasteiger charge is -2.12. The largest absolute Gasteiger partial charge is 0.379 e. The average Bonchev–Trinajstić information content (AvgIpc) is 3.16. The van der Waals surface area contributed by atoms with Gasteiger partial charge in [-0.25, -0.2) is 4.98 Å². The van der Waals surface area contributed by atoms with E-state index in [1.807, 2.05) is 30.3 Å². The van der Waals surface area contributed by atoms with Crippen molar-refractivity contribution in [2.75, 3.05) is 63.4 Å². The third-order valence-electron chi connectivity index (χ3n) is 4.53. The first-order valence-corrected chi connectivity index (χ1v) is 10.1. The number of ether oxygens (including phenoxy) is 3. The van der Waals surface area contributed by atoms with Crippen molar-refractivity contribution < 1.29 is 19.0 Å². The van der Waals surface area contributed by atoms with Gasteiger partial charge in [0.05, 0.1) is 46.1 Å². The number of aromatic nitrogens is 1. The van der Waals surface area contributed by atoms with Crippen molar-refractivity contribution in [3.8, 4) is 11.1 Å². The van der Waals surface area contributed by atoms with Crippen LogP contribution in [0.1, 0.15) is 5.56 Å². The van der Waals surface area contributed by atoms with Crippen LogP contribution in [0.5, 0.6) is 0 Å². The monoisotopic (exact) mass is 426 g/mol. The highest BCUT2D eigenvalue weighted by Gasteiger charge is 2.18. The van der Waals surface area contributed by atoms with Gasteiger partial charge in [-0.15, -0.1) is 0 Å². The topological polar surface area (TPSA) is 130 Å². The van der Waals surface area contributed by atoms with Gasteiger partial charge in [-0.2, -0.15) is 0 Å². The molecule has 0 atom stereocenters. The summed E-state index contributed by atoms with van der Waals surface area (Å²) in [5.41, 5.74) is 12.0. The minimum absolute atomic E-state index is 0.0238. The molecule has 1 aliphatic heterocycles. The molecule has 2 N–H and O–H groups in total. The van der Waals surface area contributed by atoms with Crippen LogP contribution in [0.2, 0.25) is 0 Å².